The summed E-state index contributed by atoms with van der Waals surface area (Å²) in [6.07, 6.45) is -0.843. The highest BCUT2D eigenvalue weighted by molar-refractivity contribution is 6.23. The molecule has 7 rings (SSSR count). The lowest BCUT2D eigenvalue weighted by Gasteiger charge is -2.46. The summed E-state index contributed by atoms with van der Waals surface area (Å²) in [5.74, 6) is -1.28. The zero-order chi connectivity index (χ0) is 44.8. The van der Waals surface area contributed by atoms with Crippen molar-refractivity contribution in [2.75, 3.05) is 46.0 Å². The molecule has 15 nitrogen and oxygen atoms in total. The van der Waals surface area contributed by atoms with Crippen LogP contribution in [0.3, 0.4) is 0 Å². The first kappa shape index (κ1) is 43.8. The van der Waals surface area contributed by atoms with Gasteiger partial charge in [0.25, 0.3) is 0 Å². The number of morpholine rings is 1. The first-order chi connectivity index (χ1) is 30.5. The molecule has 3 heterocycles. The molecule has 3 aliphatic heterocycles. The van der Waals surface area contributed by atoms with Gasteiger partial charge in [-0.2, -0.15) is 0 Å². The second kappa shape index (κ2) is 18.8. The number of phenols is 1. The quantitative estimate of drug-likeness (QED) is 0.0493. The van der Waals surface area contributed by atoms with Crippen LogP contribution in [0.5, 0.6) is 5.75 Å². The van der Waals surface area contributed by atoms with Gasteiger partial charge >= 0.3 is 24.0 Å². The molecule has 4 aromatic carbocycles. The van der Waals surface area contributed by atoms with E-state index in [1.165, 1.54) is 37.5 Å². The van der Waals surface area contributed by atoms with E-state index in [0.29, 0.717) is 16.7 Å². The number of methoxy groups -OCH3 is 3. The molecule has 0 saturated carbocycles. The monoisotopic (exact) mass is 855 g/mol. The molecule has 4 aromatic rings. The molecule has 0 bridgehead atoms. The summed E-state index contributed by atoms with van der Waals surface area (Å²) in [6, 6.07) is 25.6. The molecule has 0 unspecified atom stereocenters. The molecule has 3 amide bonds. The fraction of sp³-hybridized carbons (Fsp3) is 0.292. The second-order valence-corrected chi connectivity index (χ2v) is 15.0. The van der Waals surface area contributed by atoms with Crippen LogP contribution in [0, 0.1) is 23.7 Å². The number of imide groups is 1. The first-order valence-corrected chi connectivity index (χ1v) is 20.1. The molecular formula is C48H45N3O12. The lowest BCUT2D eigenvalue weighted by Crippen LogP contribution is -2.55. The maximum atomic E-state index is 16.0. The van der Waals surface area contributed by atoms with E-state index in [-0.39, 0.29) is 48.7 Å². The van der Waals surface area contributed by atoms with Crippen molar-refractivity contribution < 1.29 is 57.6 Å². The summed E-state index contributed by atoms with van der Waals surface area (Å²) in [6.45, 7) is 3.52. The molecule has 2 saturated heterocycles. The molecule has 0 aliphatic carbocycles. The van der Waals surface area contributed by atoms with Crippen molar-refractivity contribution in [1.29, 1.82) is 0 Å². The molecule has 2 fully saturated rings. The number of hydrogen-bond donors (Lipinski definition) is 2. The zero-order valence-corrected chi connectivity index (χ0v) is 34.7. The van der Waals surface area contributed by atoms with E-state index < -0.39 is 77.3 Å². The molecule has 3 aliphatic rings. The smallest absolute Gasteiger partial charge is 0.421 e. The van der Waals surface area contributed by atoms with Gasteiger partial charge in [-0.05, 0) is 52.6 Å². The summed E-state index contributed by atoms with van der Waals surface area (Å²) in [5, 5.41) is 13.4. The van der Waals surface area contributed by atoms with Gasteiger partial charge < -0.3 is 34.1 Å². The van der Waals surface area contributed by atoms with Crippen LogP contribution in [0.25, 0.3) is 0 Å². The lowest BCUT2D eigenvalue weighted by atomic mass is 9.65. The Kier molecular flexibility index (Phi) is 13.0. The Morgan fingerprint density at radius 2 is 1.51 bits per heavy atom. The Morgan fingerprint density at radius 1 is 0.857 bits per heavy atom. The van der Waals surface area contributed by atoms with Gasteiger partial charge in [-0.15, -0.1) is 6.58 Å². The van der Waals surface area contributed by atoms with Crippen molar-refractivity contribution in [3.63, 3.8) is 0 Å². The minimum absolute atomic E-state index is 0.0163. The average Bonchev–Trinajstić information content (AvgIpc) is 3.76. The Balaban J connectivity index is 1.54. The number of amides is 3. The highest BCUT2D eigenvalue weighted by atomic mass is 16.6. The van der Waals surface area contributed by atoms with E-state index in [9.17, 15) is 19.5 Å². The fourth-order valence-electron chi connectivity index (χ4n) is 8.98. The van der Waals surface area contributed by atoms with E-state index in [1.807, 2.05) is 65.6 Å². The number of phenolic OH excluding ortho intramolecular Hbond substituents is 1. The van der Waals surface area contributed by atoms with Crippen molar-refractivity contribution in [3.05, 3.63) is 144 Å². The number of fused-ring (bicyclic) bond motifs is 3. The summed E-state index contributed by atoms with van der Waals surface area (Å²) in [4.78, 5) is 88.0. The molecule has 0 aromatic heterocycles. The molecule has 0 radical (unpaired) electrons. The maximum Gasteiger partial charge on any atom is 0.421 e. The van der Waals surface area contributed by atoms with Crippen molar-refractivity contribution >= 4 is 41.5 Å². The highest BCUT2D eigenvalue weighted by Crippen LogP contribution is 2.66. The van der Waals surface area contributed by atoms with Crippen molar-refractivity contribution in [3.8, 4) is 17.6 Å². The number of esters is 3. The number of nitrogens with one attached hydrogen (secondary N) is 1. The van der Waals surface area contributed by atoms with Crippen LogP contribution in [0.4, 0.5) is 10.5 Å². The van der Waals surface area contributed by atoms with Crippen LogP contribution in [-0.4, -0.2) is 93.0 Å². The van der Waals surface area contributed by atoms with Crippen LogP contribution < -0.4 is 10.2 Å². The summed E-state index contributed by atoms with van der Waals surface area (Å²) in [7, 11) is 3.70. The predicted molar refractivity (Wildman–Crippen MR) is 225 cm³/mol. The minimum atomic E-state index is -2.11. The van der Waals surface area contributed by atoms with Gasteiger partial charge in [0.2, 0.25) is 11.8 Å². The molecule has 2 N–H and O–H groups in total. The van der Waals surface area contributed by atoms with E-state index in [0.717, 1.165) is 19.1 Å². The second-order valence-electron chi connectivity index (χ2n) is 15.0. The van der Waals surface area contributed by atoms with Gasteiger partial charge in [-0.1, -0.05) is 90.7 Å². The number of nitrogens with zero attached hydrogens (tertiary/aromatic N) is 2. The molecule has 15 heteroatoms. The largest absolute Gasteiger partial charge is 0.508 e. The minimum Gasteiger partial charge on any atom is -0.508 e. The number of ether oxygens (including phenoxy) is 5. The van der Waals surface area contributed by atoms with Gasteiger partial charge in [-0.25, -0.2) is 9.69 Å². The number of benzene rings is 4. The normalized spacial score (nSPS) is 22.3. The Morgan fingerprint density at radius 3 is 2.13 bits per heavy atom. The van der Waals surface area contributed by atoms with Gasteiger partial charge in [0.05, 0.1) is 44.5 Å². The van der Waals surface area contributed by atoms with E-state index >= 15 is 14.4 Å². The number of carbonyl (C=O) groups is 6. The van der Waals surface area contributed by atoms with Gasteiger partial charge in [-0.3, -0.25) is 28.9 Å². The van der Waals surface area contributed by atoms with Crippen LogP contribution in [0.15, 0.2) is 116 Å². The number of cyclic esters (lactones) is 1. The number of aromatic hydroxyl groups is 1. The molecular weight excluding hydrogens is 811 g/mol. The number of carbonyl (C=O) groups excluding carboxylic acids is 6. The SMILES string of the molecule is C=CCNC(=O)[C@H]1[C@@H]2C(=O)O[C@@H](c3ccccc3)[C@@H](c3ccccc3)N2[C@@H](c2ccc(O)cc2)[C@]12C(=O)N(C(=O)OCCOC)c1ccc(C#CCC(C(=O)OC)C(=O)OC)cc12. The molecule has 63 heavy (non-hydrogen) atoms. The topological polar surface area (TPSA) is 187 Å². The first-order valence-electron chi connectivity index (χ1n) is 20.1. The average molecular weight is 856 g/mol. The van der Waals surface area contributed by atoms with Crippen molar-refractivity contribution in [2.45, 2.75) is 36.1 Å². The lowest BCUT2D eigenvalue weighted by molar-refractivity contribution is -0.178. The summed E-state index contributed by atoms with van der Waals surface area (Å²) >= 11 is 0. The summed E-state index contributed by atoms with van der Waals surface area (Å²) < 4.78 is 26.7. The number of hydrogen-bond acceptors (Lipinski definition) is 13. The third-order valence-corrected chi connectivity index (χ3v) is 11.6. The van der Waals surface area contributed by atoms with Gasteiger partial charge in [0.15, 0.2) is 5.92 Å². The Bertz CT molecular complexity index is 2450. The summed E-state index contributed by atoms with van der Waals surface area (Å²) in [5.41, 5.74) is 0.135. The Hall–Kier alpha value is -7.28. The van der Waals surface area contributed by atoms with E-state index in [2.05, 4.69) is 23.7 Å². The maximum absolute atomic E-state index is 16.0. The predicted octanol–water partition coefficient (Wildman–Crippen LogP) is 4.85. The van der Waals surface area contributed by atoms with E-state index in [4.69, 9.17) is 23.7 Å². The van der Waals surface area contributed by atoms with Gasteiger partial charge in [0.1, 0.15) is 29.9 Å². The number of rotatable bonds is 12. The standard InChI is InChI=1S/C48H45N3O12/c1-5-25-49-42(53)37-39-45(56)63-40(31-16-10-7-11-17-31)38(30-14-8-6-9-15-30)51(39)41(32-20-22-33(52)23-21-32)48(37)35-28-29(13-12-18-34(43(54)60-3)44(55)61-4)19-24-36(35)50(46(48)57)47(58)62-27-26-59-2/h5-11,14-17,19-24,28,34,37-41,52H,1,18,25-27H2,2-4H3,(H,49,53)/t37-,38-,39-,40+,41+,48-/m1/s1. The van der Waals surface area contributed by atoms with Gasteiger partial charge in [0, 0.05) is 25.6 Å². The van der Waals surface area contributed by atoms with Crippen molar-refractivity contribution in [1.82, 2.24) is 10.2 Å². The van der Waals surface area contributed by atoms with Crippen LogP contribution in [0.1, 0.15) is 52.4 Å². The highest BCUT2D eigenvalue weighted by Gasteiger charge is 2.75. The molecule has 1 spiro atoms. The molecule has 324 valence electrons. The van der Waals surface area contributed by atoms with Crippen LogP contribution in [0.2, 0.25) is 0 Å². The fourth-order valence-corrected chi connectivity index (χ4v) is 8.98. The van der Waals surface area contributed by atoms with Crippen LogP contribution in [-0.2, 0) is 53.1 Å². The third-order valence-electron chi connectivity index (χ3n) is 11.6. The van der Waals surface area contributed by atoms with Crippen LogP contribution >= 0.6 is 0 Å². The molecule has 6 atom stereocenters. The number of anilines is 1. The third kappa shape index (κ3) is 7.90. The van der Waals surface area contributed by atoms with E-state index in [1.54, 1.807) is 18.2 Å². The Labute approximate surface area is 363 Å². The van der Waals surface area contributed by atoms with Crippen molar-refractivity contribution in [2.24, 2.45) is 11.8 Å². The zero-order valence-electron chi connectivity index (χ0n) is 34.7.